The predicted molar refractivity (Wildman–Crippen MR) is 74.9 cm³/mol. The molecule has 18 heavy (non-hydrogen) atoms. The average molecular weight is 304 g/mol. The molecule has 4 nitrogen and oxygen atoms in total. The van der Waals surface area contributed by atoms with Crippen molar-refractivity contribution >= 4 is 51.7 Å². The van der Waals surface area contributed by atoms with Crippen LogP contribution in [0, 0.1) is 0 Å². The highest BCUT2D eigenvalue weighted by atomic mass is 35.5. The quantitative estimate of drug-likeness (QED) is 0.921. The number of benzene rings is 1. The number of hydrogen-bond acceptors (Lipinski definition) is 5. The Labute approximate surface area is 119 Å². The maximum Gasteiger partial charge on any atom is 0.130 e. The lowest BCUT2D eigenvalue weighted by Crippen LogP contribution is -2.28. The number of anilines is 1. The molecule has 0 amide bonds. The molecule has 0 radical (unpaired) electrons. The molecule has 1 aromatic heterocycles. The standard InChI is InChI=1S/C11H11Cl2N3OS/c12-7-5-8(13)10-11(16-18-15-10)9(7)14-6-1-3-17-4-2-6/h5-6,14H,1-4H2. The zero-order valence-electron chi connectivity index (χ0n) is 9.45. The summed E-state index contributed by atoms with van der Waals surface area (Å²) in [6.45, 7) is 1.56. The Bertz CT molecular complexity index is 569. The van der Waals surface area contributed by atoms with Gasteiger partial charge in [-0.15, -0.1) is 0 Å². The van der Waals surface area contributed by atoms with E-state index in [0.717, 1.165) is 49.0 Å². The van der Waals surface area contributed by atoms with Gasteiger partial charge in [0.15, 0.2) is 0 Å². The number of aromatic nitrogens is 2. The fraction of sp³-hybridized carbons (Fsp3) is 0.455. The molecule has 0 atom stereocenters. The summed E-state index contributed by atoms with van der Waals surface area (Å²) in [7, 11) is 0. The summed E-state index contributed by atoms with van der Waals surface area (Å²) in [5, 5.41) is 4.57. The van der Waals surface area contributed by atoms with E-state index in [1.54, 1.807) is 6.07 Å². The Kier molecular flexibility index (Phi) is 3.56. The monoisotopic (exact) mass is 303 g/mol. The van der Waals surface area contributed by atoms with Gasteiger partial charge in [-0.25, -0.2) is 0 Å². The van der Waals surface area contributed by atoms with Crippen molar-refractivity contribution < 1.29 is 4.74 Å². The molecule has 0 aliphatic carbocycles. The maximum atomic E-state index is 6.24. The van der Waals surface area contributed by atoms with Crippen LogP contribution in [0.3, 0.4) is 0 Å². The number of nitrogens with zero attached hydrogens (tertiary/aromatic N) is 2. The minimum absolute atomic E-state index is 0.363. The third-order valence-corrected chi connectivity index (χ3v) is 4.13. The lowest BCUT2D eigenvalue weighted by atomic mass is 10.1. The molecule has 1 aromatic carbocycles. The number of nitrogens with one attached hydrogen (secondary N) is 1. The molecule has 0 unspecified atom stereocenters. The molecular weight excluding hydrogens is 293 g/mol. The molecule has 1 aliphatic heterocycles. The van der Waals surface area contributed by atoms with E-state index in [9.17, 15) is 0 Å². The number of halogens is 2. The molecule has 96 valence electrons. The molecule has 3 rings (SSSR count). The maximum absolute atomic E-state index is 6.24. The van der Waals surface area contributed by atoms with Crippen molar-refractivity contribution in [1.29, 1.82) is 0 Å². The minimum Gasteiger partial charge on any atom is -0.381 e. The highest BCUT2D eigenvalue weighted by Gasteiger charge is 2.19. The van der Waals surface area contributed by atoms with Gasteiger partial charge in [-0.2, -0.15) is 8.75 Å². The van der Waals surface area contributed by atoms with Crippen molar-refractivity contribution in [2.24, 2.45) is 0 Å². The van der Waals surface area contributed by atoms with Gasteiger partial charge >= 0.3 is 0 Å². The van der Waals surface area contributed by atoms with E-state index in [1.807, 2.05) is 0 Å². The fourth-order valence-electron chi connectivity index (χ4n) is 2.06. The van der Waals surface area contributed by atoms with Gasteiger partial charge in [-0.3, -0.25) is 0 Å². The van der Waals surface area contributed by atoms with Gasteiger partial charge in [0, 0.05) is 19.3 Å². The lowest BCUT2D eigenvalue weighted by Gasteiger charge is -2.24. The molecule has 7 heteroatoms. The van der Waals surface area contributed by atoms with Crippen LogP contribution in [-0.2, 0) is 4.74 Å². The Morgan fingerprint density at radius 3 is 2.67 bits per heavy atom. The predicted octanol–water partition coefficient (Wildman–Crippen LogP) is 3.59. The van der Waals surface area contributed by atoms with E-state index in [-0.39, 0.29) is 0 Å². The second-order valence-electron chi connectivity index (χ2n) is 4.21. The molecule has 1 N–H and O–H groups in total. The summed E-state index contributed by atoms with van der Waals surface area (Å²) >= 11 is 13.5. The number of ether oxygens (including phenoxy) is 1. The largest absolute Gasteiger partial charge is 0.381 e. The van der Waals surface area contributed by atoms with Gasteiger partial charge in [-0.05, 0) is 18.9 Å². The van der Waals surface area contributed by atoms with Gasteiger partial charge in [0.2, 0.25) is 0 Å². The van der Waals surface area contributed by atoms with Crippen molar-refractivity contribution in [1.82, 2.24) is 8.75 Å². The highest BCUT2D eigenvalue weighted by molar-refractivity contribution is 7.00. The van der Waals surface area contributed by atoms with E-state index >= 15 is 0 Å². The third kappa shape index (κ3) is 2.28. The molecule has 0 bridgehead atoms. The topological polar surface area (TPSA) is 47.0 Å². The molecule has 1 fully saturated rings. The number of fused-ring (bicyclic) bond motifs is 1. The van der Waals surface area contributed by atoms with E-state index in [2.05, 4.69) is 14.1 Å². The number of hydrogen-bond donors (Lipinski definition) is 1. The van der Waals surface area contributed by atoms with Crippen LogP contribution >= 0.6 is 34.9 Å². The van der Waals surface area contributed by atoms with Crippen LogP contribution in [-0.4, -0.2) is 28.0 Å². The fourth-order valence-corrected chi connectivity index (χ4v) is 3.22. The smallest absolute Gasteiger partial charge is 0.130 e. The van der Waals surface area contributed by atoms with Crippen LogP contribution in [0.1, 0.15) is 12.8 Å². The van der Waals surface area contributed by atoms with Crippen molar-refractivity contribution in [2.45, 2.75) is 18.9 Å². The molecule has 1 saturated heterocycles. The van der Waals surface area contributed by atoms with Gasteiger partial charge < -0.3 is 10.1 Å². The van der Waals surface area contributed by atoms with Gasteiger partial charge in [0.05, 0.1) is 27.5 Å². The molecule has 2 aromatic rings. The van der Waals surface area contributed by atoms with Crippen LogP contribution in [0.2, 0.25) is 10.0 Å². The lowest BCUT2D eigenvalue weighted by molar-refractivity contribution is 0.0905. The Hall–Kier alpha value is -0.620. The summed E-state index contributed by atoms with van der Waals surface area (Å²) in [6.07, 6.45) is 1.94. The first kappa shape index (κ1) is 12.4. The zero-order chi connectivity index (χ0) is 12.5. The van der Waals surface area contributed by atoms with Crippen LogP contribution in [0.25, 0.3) is 11.0 Å². The second-order valence-corrected chi connectivity index (χ2v) is 5.55. The van der Waals surface area contributed by atoms with Gasteiger partial charge in [0.25, 0.3) is 0 Å². The van der Waals surface area contributed by atoms with Crippen LogP contribution in [0.4, 0.5) is 5.69 Å². The summed E-state index contributed by atoms with van der Waals surface area (Å²) in [5.41, 5.74) is 2.29. The Balaban J connectivity index is 1.97. The first-order valence-corrected chi connectivity index (χ1v) is 7.19. The van der Waals surface area contributed by atoms with Crippen molar-refractivity contribution in [3.8, 4) is 0 Å². The van der Waals surface area contributed by atoms with Crippen molar-refractivity contribution in [3.05, 3.63) is 16.1 Å². The molecule has 0 spiro atoms. The third-order valence-electron chi connectivity index (χ3n) is 3.01. The first-order valence-electron chi connectivity index (χ1n) is 5.70. The van der Waals surface area contributed by atoms with E-state index in [0.29, 0.717) is 21.6 Å². The van der Waals surface area contributed by atoms with E-state index < -0.39 is 0 Å². The average Bonchev–Trinajstić information content (AvgIpc) is 2.85. The Morgan fingerprint density at radius 1 is 1.17 bits per heavy atom. The molecular formula is C11H11Cl2N3OS. The normalized spacial score (nSPS) is 17.2. The van der Waals surface area contributed by atoms with Crippen LogP contribution < -0.4 is 5.32 Å². The number of rotatable bonds is 2. The first-order chi connectivity index (χ1) is 8.75. The van der Waals surface area contributed by atoms with E-state index in [4.69, 9.17) is 27.9 Å². The minimum atomic E-state index is 0.363. The summed E-state index contributed by atoms with van der Waals surface area (Å²) < 4.78 is 13.8. The van der Waals surface area contributed by atoms with Crippen LogP contribution in [0.15, 0.2) is 6.07 Å². The Morgan fingerprint density at radius 2 is 1.89 bits per heavy atom. The summed E-state index contributed by atoms with van der Waals surface area (Å²) in [4.78, 5) is 0. The SMILES string of the molecule is Clc1cc(Cl)c2nsnc2c1NC1CCOCC1. The summed E-state index contributed by atoms with van der Waals surface area (Å²) in [6, 6.07) is 2.08. The zero-order valence-corrected chi connectivity index (χ0v) is 11.8. The van der Waals surface area contributed by atoms with Crippen molar-refractivity contribution in [2.75, 3.05) is 18.5 Å². The van der Waals surface area contributed by atoms with Crippen molar-refractivity contribution in [3.63, 3.8) is 0 Å². The highest BCUT2D eigenvalue weighted by Crippen LogP contribution is 2.36. The van der Waals surface area contributed by atoms with E-state index in [1.165, 1.54) is 0 Å². The van der Waals surface area contributed by atoms with Crippen LogP contribution in [0.5, 0.6) is 0 Å². The van der Waals surface area contributed by atoms with Gasteiger partial charge in [-0.1, -0.05) is 23.2 Å². The second kappa shape index (κ2) is 5.17. The molecule has 2 heterocycles. The molecule has 1 aliphatic rings. The summed E-state index contributed by atoms with van der Waals surface area (Å²) in [5.74, 6) is 0. The molecule has 0 saturated carbocycles. The van der Waals surface area contributed by atoms with Gasteiger partial charge in [0.1, 0.15) is 11.0 Å².